The van der Waals surface area contributed by atoms with Crippen LogP contribution < -0.4 is 5.73 Å². The summed E-state index contributed by atoms with van der Waals surface area (Å²) in [5.41, 5.74) is 9.10. The summed E-state index contributed by atoms with van der Waals surface area (Å²) in [6, 6.07) is 8.27. The average Bonchev–Trinajstić information content (AvgIpc) is 3.10. The molecule has 1 saturated carbocycles. The van der Waals surface area contributed by atoms with Crippen molar-refractivity contribution in [3.63, 3.8) is 0 Å². The number of rotatable bonds is 4. The lowest BCUT2D eigenvalue weighted by molar-refractivity contribution is 0.737. The molecule has 2 aromatic rings. The summed E-state index contributed by atoms with van der Waals surface area (Å²) in [5.74, 6) is 0.675. The summed E-state index contributed by atoms with van der Waals surface area (Å²) in [5, 5.41) is 5.37. The molecule has 1 atom stereocenters. The van der Waals surface area contributed by atoms with Crippen molar-refractivity contribution in [2.45, 2.75) is 38.1 Å². The maximum atomic E-state index is 6.31. The molecule has 3 nitrogen and oxygen atoms in total. The van der Waals surface area contributed by atoms with Crippen LogP contribution >= 0.6 is 11.6 Å². The van der Waals surface area contributed by atoms with E-state index in [1.165, 1.54) is 18.5 Å². The van der Waals surface area contributed by atoms with Crippen LogP contribution in [0.4, 0.5) is 0 Å². The van der Waals surface area contributed by atoms with Crippen LogP contribution in [0.15, 0.2) is 30.5 Å². The average molecular weight is 276 g/mol. The second-order valence-electron chi connectivity index (χ2n) is 5.42. The normalized spacial score (nSPS) is 16.6. The van der Waals surface area contributed by atoms with Gasteiger partial charge in [0.15, 0.2) is 0 Å². The minimum absolute atomic E-state index is 0.120. The van der Waals surface area contributed by atoms with E-state index in [-0.39, 0.29) is 6.04 Å². The SMILES string of the molecule is CC(N)Cc1ccc(-n2ccc(C3CC3)n2)cc1Cl. The fraction of sp³-hybridized carbons (Fsp3) is 0.400. The van der Waals surface area contributed by atoms with E-state index in [4.69, 9.17) is 17.3 Å². The second kappa shape index (κ2) is 4.99. The predicted octanol–water partition coefficient (Wildman–Crippen LogP) is 3.29. The Hall–Kier alpha value is -1.32. The van der Waals surface area contributed by atoms with Crippen molar-refractivity contribution in [1.82, 2.24) is 9.78 Å². The first-order chi connectivity index (χ1) is 9.13. The number of hydrogen-bond acceptors (Lipinski definition) is 2. The van der Waals surface area contributed by atoms with Crippen molar-refractivity contribution in [3.05, 3.63) is 46.7 Å². The molecule has 4 heteroatoms. The Labute approximate surface area is 118 Å². The molecule has 0 radical (unpaired) electrons. The van der Waals surface area contributed by atoms with Gasteiger partial charge < -0.3 is 5.73 Å². The van der Waals surface area contributed by atoms with Gasteiger partial charge in [-0.2, -0.15) is 5.10 Å². The Morgan fingerprint density at radius 1 is 1.42 bits per heavy atom. The van der Waals surface area contributed by atoms with E-state index < -0.39 is 0 Å². The third kappa shape index (κ3) is 2.82. The van der Waals surface area contributed by atoms with E-state index in [1.807, 2.05) is 36.0 Å². The molecule has 100 valence electrons. The molecule has 0 amide bonds. The molecule has 0 saturated heterocycles. The van der Waals surface area contributed by atoms with Gasteiger partial charge in [-0.1, -0.05) is 17.7 Å². The van der Waals surface area contributed by atoms with Crippen molar-refractivity contribution in [2.75, 3.05) is 0 Å². The Balaban J connectivity index is 1.85. The van der Waals surface area contributed by atoms with E-state index in [9.17, 15) is 0 Å². The van der Waals surface area contributed by atoms with Crippen LogP contribution in [0.2, 0.25) is 5.02 Å². The standard InChI is InChI=1S/C15H18ClN3/c1-10(17)8-12-4-5-13(9-14(12)16)19-7-6-15(18-19)11-2-3-11/h4-7,9-11H,2-3,8,17H2,1H3. The van der Waals surface area contributed by atoms with Crippen LogP contribution in [0.5, 0.6) is 0 Å². The molecule has 1 fully saturated rings. The lowest BCUT2D eigenvalue weighted by Gasteiger charge is -2.09. The highest BCUT2D eigenvalue weighted by atomic mass is 35.5. The Morgan fingerprint density at radius 2 is 2.21 bits per heavy atom. The summed E-state index contributed by atoms with van der Waals surface area (Å²) in [6.07, 6.45) is 5.34. The topological polar surface area (TPSA) is 43.8 Å². The van der Waals surface area contributed by atoms with E-state index in [0.717, 1.165) is 22.7 Å². The highest BCUT2D eigenvalue weighted by Crippen LogP contribution is 2.39. The third-order valence-corrected chi connectivity index (χ3v) is 3.80. The lowest BCUT2D eigenvalue weighted by atomic mass is 10.1. The molecular weight excluding hydrogens is 258 g/mol. The lowest BCUT2D eigenvalue weighted by Crippen LogP contribution is -2.18. The number of hydrogen-bond donors (Lipinski definition) is 1. The Kier molecular flexibility index (Phi) is 3.33. The van der Waals surface area contributed by atoms with Gasteiger partial charge in [-0.25, -0.2) is 4.68 Å². The van der Waals surface area contributed by atoms with Gasteiger partial charge in [-0.15, -0.1) is 0 Å². The fourth-order valence-electron chi connectivity index (χ4n) is 2.27. The van der Waals surface area contributed by atoms with Gasteiger partial charge in [0, 0.05) is 23.2 Å². The molecule has 1 aliphatic carbocycles. The molecule has 1 aromatic heterocycles. The number of benzene rings is 1. The predicted molar refractivity (Wildman–Crippen MR) is 77.9 cm³/mol. The highest BCUT2D eigenvalue weighted by Gasteiger charge is 2.25. The van der Waals surface area contributed by atoms with Gasteiger partial charge in [-0.05, 0) is 49.9 Å². The van der Waals surface area contributed by atoms with Crippen molar-refractivity contribution in [2.24, 2.45) is 5.73 Å². The van der Waals surface area contributed by atoms with Crippen LogP contribution in [0, 0.1) is 0 Å². The highest BCUT2D eigenvalue weighted by molar-refractivity contribution is 6.31. The fourth-order valence-corrected chi connectivity index (χ4v) is 2.52. The monoisotopic (exact) mass is 275 g/mol. The van der Waals surface area contributed by atoms with Crippen LogP contribution in [-0.4, -0.2) is 15.8 Å². The van der Waals surface area contributed by atoms with Gasteiger partial charge in [-0.3, -0.25) is 0 Å². The first kappa shape index (κ1) is 12.7. The molecule has 0 spiro atoms. The van der Waals surface area contributed by atoms with Gasteiger partial charge in [0.2, 0.25) is 0 Å². The quantitative estimate of drug-likeness (QED) is 0.930. The van der Waals surface area contributed by atoms with Gasteiger partial charge >= 0.3 is 0 Å². The Morgan fingerprint density at radius 3 is 2.84 bits per heavy atom. The molecule has 1 aliphatic rings. The van der Waals surface area contributed by atoms with Crippen LogP contribution in [-0.2, 0) is 6.42 Å². The van der Waals surface area contributed by atoms with Crippen molar-refractivity contribution >= 4 is 11.6 Å². The zero-order valence-corrected chi connectivity index (χ0v) is 11.8. The van der Waals surface area contributed by atoms with E-state index >= 15 is 0 Å². The number of aromatic nitrogens is 2. The van der Waals surface area contributed by atoms with E-state index in [2.05, 4.69) is 11.2 Å². The molecule has 2 N–H and O–H groups in total. The molecule has 3 rings (SSSR count). The minimum Gasteiger partial charge on any atom is -0.328 e. The number of halogens is 1. The zero-order valence-electron chi connectivity index (χ0n) is 11.0. The summed E-state index contributed by atoms with van der Waals surface area (Å²) in [4.78, 5) is 0. The molecule has 0 aliphatic heterocycles. The van der Waals surface area contributed by atoms with Gasteiger partial charge in [0.05, 0.1) is 11.4 Å². The molecule has 19 heavy (non-hydrogen) atoms. The van der Waals surface area contributed by atoms with Crippen molar-refractivity contribution in [1.29, 1.82) is 0 Å². The van der Waals surface area contributed by atoms with Crippen molar-refractivity contribution < 1.29 is 0 Å². The first-order valence-electron chi connectivity index (χ1n) is 6.73. The second-order valence-corrected chi connectivity index (χ2v) is 5.82. The largest absolute Gasteiger partial charge is 0.328 e. The van der Waals surface area contributed by atoms with Gasteiger partial charge in [0.1, 0.15) is 0 Å². The van der Waals surface area contributed by atoms with E-state index in [0.29, 0.717) is 5.92 Å². The molecule has 0 bridgehead atoms. The third-order valence-electron chi connectivity index (χ3n) is 3.45. The van der Waals surface area contributed by atoms with Crippen molar-refractivity contribution in [3.8, 4) is 5.69 Å². The maximum absolute atomic E-state index is 6.31. The van der Waals surface area contributed by atoms with Crippen LogP contribution in [0.25, 0.3) is 5.69 Å². The number of nitrogens with zero attached hydrogens (tertiary/aromatic N) is 2. The summed E-state index contributed by atoms with van der Waals surface area (Å²) in [6.45, 7) is 1.99. The maximum Gasteiger partial charge on any atom is 0.0660 e. The molecule has 1 heterocycles. The number of nitrogens with two attached hydrogens (primary N) is 1. The summed E-state index contributed by atoms with van der Waals surface area (Å²) < 4.78 is 1.90. The Bertz CT molecular complexity index is 585. The van der Waals surface area contributed by atoms with E-state index in [1.54, 1.807) is 0 Å². The smallest absolute Gasteiger partial charge is 0.0660 e. The molecular formula is C15H18ClN3. The van der Waals surface area contributed by atoms with Crippen LogP contribution in [0.3, 0.4) is 0 Å². The molecule has 1 aromatic carbocycles. The summed E-state index contributed by atoms with van der Waals surface area (Å²) >= 11 is 6.31. The van der Waals surface area contributed by atoms with Gasteiger partial charge in [0.25, 0.3) is 0 Å². The zero-order chi connectivity index (χ0) is 13.4. The minimum atomic E-state index is 0.120. The first-order valence-corrected chi connectivity index (χ1v) is 7.11. The summed E-state index contributed by atoms with van der Waals surface area (Å²) in [7, 11) is 0. The van der Waals surface area contributed by atoms with Crippen LogP contribution in [0.1, 0.15) is 36.9 Å². The molecule has 1 unspecified atom stereocenters.